The molecule has 104 valence electrons. The summed E-state index contributed by atoms with van der Waals surface area (Å²) in [4.78, 5) is 12.3. The third-order valence-electron chi connectivity index (χ3n) is 2.95. The lowest BCUT2D eigenvalue weighted by Crippen LogP contribution is -2.27. The molecule has 0 aliphatic heterocycles. The normalized spacial score (nSPS) is 11.9. The third-order valence-corrected chi connectivity index (χ3v) is 4.37. The van der Waals surface area contributed by atoms with Crippen LogP contribution in [0.2, 0.25) is 0 Å². The minimum atomic E-state index is -0.160. The van der Waals surface area contributed by atoms with Gasteiger partial charge in [-0.3, -0.25) is 4.79 Å². The molecule has 0 radical (unpaired) electrons. The van der Waals surface area contributed by atoms with E-state index in [1.54, 1.807) is 18.2 Å². The number of carbonyl (C=O) groups excluding carboxylic acids is 1. The zero-order valence-corrected chi connectivity index (χ0v) is 14.0. The maximum Gasteiger partial charge on any atom is 0.252 e. The first kappa shape index (κ1) is 15.1. The molecule has 2 rings (SSSR count). The Hall–Kier alpha value is -1.33. The van der Waals surface area contributed by atoms with Gasteiger partial charge in [0.1, 0.15) is 0 Å². The van der Waals surface area contributed by atoms with Crippen molar-refractivity contribution in [3.63, 3.8) is 0 Å². The molecule has 2 aromatic rings. The molecule has 0 aliphatic carbocycles. The number of carbonyl (C=O) groups is 1. The van der Waals surface area contributed by atoms with Gasteiger partial charge in [-0.2, -0.15) is 0 Å². The fraction of sp³-hybridized carbons (Fsp3) is 0.133. The van der Waals surface area contributed by atoms with Crippen LogP contribution >= 0.6 is 31.9 Å². The number of nitrogens with two attached hydrogens (primary N) is 1. The van der Waals surface area contributed by atoms with E-state index >= 15 is 0 Å². The first-order valence-electron chi connectivity index (χ1n) is 6.09. The van der Waals surface area contributed by atoms with Crippen LogP contribution in [-0.4, -0.2) is 5.91 Å². The molecule has 1 amide bonds. The van der Waals surface area contributed by atoms with E-state index in [4.69, 9.17) is 5.73 Å². The van der Waals surface area contributed by atoms with E-state index in [9.17, 15) is 4.79 Å². The second-order valence-corrected chi connectivity index (χ2v) is 6.16. The number of nitrogens with one attached hydrogen (secondary N) is 1. The monoisotopic (exact) mass is 396 g/mol. The van der Waals surface area contributed by atoms with Gasteiger partial charge in [0.2, 0.25) is 0 Å². The van der Waals surface area contributed by atoms with Crippen molar-refractivity contribution in [3.8, 4) is 0 Å². The van der Waals surface area contributed by atoms with Crippen molar-refractivity contribution in [3.05, 3.63) is 62.5 Å². The maximum atomic E-state index is 12.3. The number of hydrogen-bond donors (Lipinski definition) is 2. The van der Waals surface area contributed by atoms with Crippen LogP contribution < -0.4 is 11.1 Å². The van der Waals surface area contributed by atoms with Crippen LogP contribution in [-0.2, 0) is 0 Å². The fourth-order valence-electron chi connectivity index (χ4n) is 1.90. The third kappa shape index (κ3) is 3.41. The molecule has 1 atom stereocenters. The molecule has 0 fully saturated rings. The van der Waals surface area contributed by atoms with E-state index in [1.165, 1.54) is 0 Å². The first-order chi connectivity index (χ1) is 9.49. The summed E-state index contributed by atoms with van der Waals surface area (Å²) in [5.74, 6) is -0.160. The maximum absolute atomic E-state index is 12.3. The Morgan fingerprint density at radius 1 is 1.15 bits per heavy atom. The molecule has 20 heavy (non-hydrogen) atoms. The molecule has 3 N–H and O–H groups in total. The molecular weight excluding hydrogens is 384 g/mol. The van der Waals surface area contributed by atoms with Crippen molar-refractivity contribution < 1.29 is 4.79 Å². The van der Waals surface area contributed by atoms with E-state index in [1.807, 2.05) is 31.2 Å². The zero-order valence-electron chi connectivity index (χ0n) is 10.9. The van der Waals surface area contributed by atoms with Crippen LogP contribution in [0.4, 0.5) is 5.69 Å². The van der Waals surface area contributed by atoms with Crippen molar-refractivity contribution in [1.29, 1.82) is 0 Å². The summed E-state index contributed by atoms with van der Waals surface area (Å²) in [7, 11) is 0. The van der Waals surface area contributed by atoms with Gasteiger partial charge in [-0.05, 0) is 52.7 Å². The zero-order chi connectivity index (χ0) is 14.7. The molecule has 0 unspecified atom stereocenters. The summed E-state index contributed by atoms with van der Waals surface area (Å²) in [6, 6.07) is 12.9. The Morgan fingerprint density at radius 3 is 2.55 bits per heavy atom. The van der Waals surface area contributed by atoms with Crippen molar-refractivity contribution in [2.75, 3.05) is 5.73 Å². The minimum Gasteiger partial charge on any atom is -0.399 e. The largest absolute Gasteiger partial charge is 0.399 e. The van der Waals surface area contributed by atoms with Crippen LogP contribution in [0.15, 0.2) is 51.4 Å². The second-order valence-electron chi connectivity index (χ2n) is 4.46. The standard InChI is InChI=1S/C15H14Br2N2O/c1-9(11-4-2-3-5-13(11)16)19-15(20)12-8-10(18)6-7-14(12)17/h2-9H,18H2,1H3,(H,19,20)/t9-/m0/s1. The minimum absolute atomic E-state index is 0.105. The van der Waals surface area contributed by atoms with Crippen LogP contribution in [0.1, 0.15) is 28.9 Å². The first-order valence-corrected chi connectivity index (χ1v) is 7.68. The number of benzene rings is 2. The van der Waals surface area contributed by atoms with Gasteiger partial charge in [-0.1, -0.05) is 34.1 Å². The van der Waals surface area contributed by atoms with Crippen molar-refractivity contribution in [1.82, 2.24) is 5.32 Å². The molecule has 5 heteroatoms. The van der Waals surface area contributed by atoms with E-state index in [0.717, 1.165) is 14.5 Å². The number of halogens is 2. The average Bonchev–Trinajstić information content (AvgIpc) is 2.41. The van der Waals surface area contributed by atoms with Gasteiger partial charge in [0.15, 0.2) is 0 Å². The van der Waals surface area contributed by atoms with Crippen molar-refractivity contribution >= 4 is 43.5 Å². The van der Waals surface area contributed by atoms with Crippen LogP contribution in [0.25, 0.3) is 0 Å². The molecule has 2 aromatic carbocycles. The highest BCUT2D eigenvalue weighted by Gasteiger charge is 2.15. The van der Waals surface area contributed by atoms with Crippen LogP contribution in [0.3, 0.4) is 0 Å². The quantitative estimate of drug-likeness (QED) is 0.759. The van der Waals surface area contributed by atoms with Crippen molar-refractivity contribution in [2.24, 2.45) is 0 Å². The molecular formula is C15H14Br2N2O. The molecule has 3 nitrogen and oxygen atoms in total. The Labute approximate surface area is 134 Å². The second kappa shape index (κ2) is 6.41. The van der Waals surface area contributed by atoms with Gasteiger partial charge >= 0.3 is 0 Å². The van der Waals surface area contributed by atoms with Gasteiger partial charge in [-0.15, -0.1) is 0 Å². The smallest absolute Gasteiger partial charge is 0.252 e. The van der Waals surface area contributed by atoms with E-state index in [2.05, 4.69) is 37.2 Å². The van der Waals surface area contributed by atoms with E-state index in [0.29, 0.717) is 11.3 Å². The lowest BCUT2D eigenvalue weighted by molar-refractivity contribution is 0.0939. The number of hydrogen-bond acceptors (Lipinski definition) is 2. The Morgan fingerprint density at radius 2 is 1.85 bits per heavy atom. The molecule has 0 bridgehead atoms. The Kier molecular flexibility index (Phi) is 4.83. The van der Waals surface area contributed by atoms with Gasteiger partial charge in [0, 0.05) is 14.6 Å². The van der Waals surface area contributed by atoms with E-state index < -0.39 is 0 Å². The van der Waals surface area contributed by atoms with Gasteiger partial charge in [0.25, 0.3) is 5.91 Å². The molecule has 0 aliphatic rings. The SMILES string of the molecule is C[C@H](NC(=O)c1cc(N)ccc1Br)c1ccccc1Br. The van der Waals surface area contributed by atoms with Gasteiger partial charge in [0.05, 0.1) is 11.6 Å². The summed E-state index contributed by atoms with van der Waals surface area (Å²) in [5, 5.41) is 2.97. The summed E-state index contributed by atoms with van der Waals surface area (Å²) >= 11 is 6.85. The number of amides is 1. The lowest BCUT2D eigenvalue weighted by atomic mass is 10.1. The molecule has 0 aromatic heterocycles. The predicted octanol–water partition coefficient (Wildman–Crippen LogP) is 4.28. The van der Waals surface area contributed by atoms with Gasteiger partial charge in [-0.25, -0.2) is 0 Å². The number of rotatable bonds is 3. The fourth-order valence-corrected chi connectivity index (χ4v) is 2.95. The Bertz CT molecular complexity index is 644. The molecule has 0 saturated heterocycles. The molecule has 0 saturated carbocycles. The van der Waals surface area contributed by atoms with Gasteiger partial charge < -0.3 is 11.1 Å². The Balaban J connectivity index is 2.20. The number of nitrogen functional groups attached to an aromatic ring is 1. The van der Waals surface area contributed by atoms with Crippen LogP contribution in [0.5, 0.6) is 0 Å². The molecule has 0 heterocycles. The molecule has 0 spiro atoms. The summed E-state index contributed by atoms with van der Waals surface area (Å²) in [5.41, 5.74) is 7.84. The van der Waals surface area contributed by atoms with Crippen LogP contribution in [0, 0.1) is 0 Å². The highest BCUT2D eigenvalue weighted by molar-refractivity contribution is 9.10. The summed E-state index contributed by atoms with van der Waals surface area (Å²) in [6.45, 7) is 1.94. The average molecular weight is 398 g/mol. The van der Waals surface area contributed by atoms with E-state index in [-0.39, 0.29) is 11.9 Å². The highest BCUT2D eigenvalue weighted by atomic mass is 79.9. The highest BCUT2D eigenvalue weighted by Crippen LogP contribution is 2.24. The topological polar surface area (TPSA) is 55.1 Å². The number of anilines is 1. The predicted molar refractivity (Wildman–Crippen MR) is 88.6 cm³/mol. The summed E-state index contributed by atoms with van der Waals surface area (Å²) in [6.07, 6.45) is 0. The van der Waals surface area contributed by atoms with Crippen molar-refractivity contribution in [2.45, 2.75) is 13.0 Å². The lowest BCUT2D eigenvalue weighted by Gasteiger charge is -2.16. The summed E-state index contributed by atoms with van der Waals surface area (Å²) < 4.78 is 1.70.